The number of nitrogens with one attached hydrogen (secondary N) is 1. The highest BCUT2D eigenvalue weighted by molar-refractivity contribution is 6.31. The van der Waals surface area contributed by atoms with Crippen LogP contribution in [0.3, 0.4) is 0 Å². The summed E-state index contributed by atoms with van der Waals surface area (Å²) in [5.41, 5.74) is 0.837. The van der Waals surface area contributed by atoms with Gasteiger partial charge in [-0.2, -0.15) is 0 Å². The standard InChI is InChI=1S/C36H31Cl2FN4O5/c1-3-47-23-8-5-7-20(17-23)18-43-27-19-42(22-13-11-21(12-14-22)34(45)48-4-2)33(44)29(27)30(24-9-6-10-26(37)31(24)39)36(43)25-15-16-28(38)40-32(25)41-35(36)46/h5-17,27,29-30H,3-4,18-19H2,1-2H3,(H,40,41,46)/t27-,29+,30-,36+/m0/s1. The molecule has 7 rings (SSSR count). The number of anilines is 2. The molecule has 1 spiro atoms. The first-order valence-electron chi connectivity index (χ1n) is 15.7. The van der Waals surface area contributed by atoms with Crippen molar-refractivity contribution in [2.24, 2.45) is 5.92 Å². The molecule has 2 amide bonds. The SMILES string of the molecule is CCOC(=O)c1ccc(N2C[C@H]3[C@@H](C2=O)[C@H](c2cccc(Cl)c2F)[C@]2(C(=O)Nc4nc(Cl)ccc42)N3Cc2cccc(OCC)c2)cc1. The normalized spacial score (nSPS) is 22.9. The average Bonchev–Trinajstić information content (AvgIpc) is 3.66. The van der Waals surface area contributed by atoms with Gasteiger partial charge in [-0.25, -0.2) is 14.2 Å². The van der Waals surface area contributed by atoms with E-state index in [-0.39, 0.29) is 47.2 Å². The van der Waals surface area contributed by atoms with Gasteiger partial charge in [-0.05, 0) is 79.6 Å². The van der Waals surface area contributed by atoms with E-state index >= 15 is 4.39 Å². The van der Waals surface area contributed by atoms with E-state index in [1.807, 2.05) is 36.1 Å². The van der Waals surface area contributed by atoms with Crippen molar-refractivity contribution in [2.45, 2.75) is 37.9 Å². The van der Waals surface area contributed by atoms with Crippen LogP contribution in [0.15, 0.2) is 78.9 Å². The minimum atomic E-state index is -1.55. The summed E-state index contributed by atoms with van der Waals surface area (Å²) in [7, 11) is 0. The molecule has 12 heteroatoms. The van der Waals surface area contributed by atoms with Crippen LogP contribution >= 0.6 is 23.2 Å². The third-order valence-corrected chi connectivity index (χ3v) is 9.92. The Morgan fingerprint density at radius 2 is 1.79 bits per heavy atom. The second-order valence-corrected chi connectivity index (χ2v) is 12.7. The third kappa shape index (κ3) is 5.01. The van der Waals surface area contributed by atoms with E-state index in [9.17, 15) is 14.4 Å². The van der Waals surface area contributed by atoms with Crippen LogP contribution in [0.25, 0.3) is 0 Å². The minimum Gasteiger partial charge on any atom is -0.494 e. The maximum Gasteiger partial charge on any atom is 0.338 e. The van der Waals surface area contributed by atoms with Gasteiger partial charge in [-0.3, -0.25) is 14.5 Å². The number of fused-ring (bicyclic) bond motifs is 3. The number of pyridine rings is 1. The molecule has 1 aromatic heterocycles. The number of rotatable bonds is 8. The first kappa shape index (κ1) is 32.1. The molecule has 3 aliphatic heterocycles. The minimum absolute atomic E-state index is 0.119. The van der Waals surface area contributed by atoms with E-state index in [4.69, 9.17) is 32.7 Å². The van der Waals surface area contributed by atoms with Gasteiger partial charge in [0.25, 0.3) is 5.91 Å². The monoisotopic (exact) mass is 688 g/mol. The predicted molar refractivity (Wildman–Crippen MR) is 179 cm³/mol. The van der Waals surface area contributed by atoms with Crippen LogP contribution in [0, 0.1) is 11.7 Å². The highest BCUT2D eigenvalue weighted by atomic mass is 35.5. The van der Waals surface area contributed by atoms with Crippen LogP contribution < -0.4 is 15.0 Å². The summed E-state index contributed by atoms with van der Waals surface area (Å²) in [6.45, 7) is 4.74. The Kier molecular flexibility index (Phi) is 8.35. The Labute approximate surface area is 286 Å². The molecule has 9 nitrogen and oxygen atoms in total. The Bertz CT molecular complexity index is 1940. The summed E-state index contributed by atoms with van der Waals surface area (Å²) in [6.07, 6.45) is 0. The number of carbonyl (C=O) groups is 3. The molecule has 3 aromatic carbocycles. The number of amides is 2. The van der Waals surface area contributed by atoms with E-state index in [0.717, 1.165) is 5.56 Å². The van der Waals surface area contributed by atoms with Gasteiger partial charge in [0.05, 0.1) is 29.7 Å². The predicted octanol–water partition coefficient (Wildman–Crippen LogP) is 6.58. The molecular weight excluding hydrogens is 658 g/mol. The van der Waals surface area contributed by atoms with Crippen molar-refractivity contribution in [3.8, 4) is 5.75 Å². The Hall–Kier alpha value is -4.51. The van der Waals surface area contributed by atoms with Crippen molar-refractivity contribution >= 4 is 52.5 Å². The Morgan fingerprint density at radius 1 is 1.02 bits per heavy atom. The van der Waals surface area contributed by atoms with E-state index < -0.39 is 41.1 Å². The van der Waals surface area contributed by atoms with Crippen LogP contribution in [-0.2, 0) is 26.4 Å². The topological polar surface area (TPSA) is 101 Å². The Balaban J connectivity index is 1.41. The zero-order valence-electron chi connectivity index (χ0n) is 26.1. The number of aromatic nitrogens is 1. The van der Waals surface area contributed by atoms with Gasteiger partial charge in [0.15, 0.2) is 0 Å². The quantitative estimate of drug-likeness (QED) is 0.165. The lowest BCUT2D eigenvalue weighted by Gasteiger charge is -2.41. The highest BCUT2D eigenvalue weighted by Gasteiger charge is 2.71. The fourth-order valence-electron chi connectivity index (χ4n) is 7.59. The zero-order valence-corrected chi connectivity index (χ0v) is 27.6. The maximum absolute atomic E-state index is 16.2. The summed E-state index contributed by atoms with van der Waals surface area (Å²) in [6, 6.07) is 21.5. The van der Waals surface area contributed by atoms with Crippen LogP contribution in [-0.4, -0.2) is 53.5 Å². The number of nitrogens with zero attached hydrogens (tertiary/aromatic N) is 3. The number of halogens is 3. The second kappa shape index (κ2) is 12.5. The molecule has 3 aliphatic rings. The molecule has 0 aliphatic carbocycles. The first-order chi connectivity index (χ1) is 23.2. The fourth-order valence-corrected chi connectivity index (χ4v) is 7.92. The van der Waals surface area contributed by atoms with E-state index in [1.165, 1.54) is 6.07 Å². The number of ether oxygens (including phenoxy) is 2. The summed E-state index contributed by atoms with van der Waals surface area (Å²) in [4.78, 5) is 49.6. The Morgan fingerprint density at radius 3 is 2.54 bits per heavy atom. The van der Waals surface area contributed by atoms with Crippen molar-refractivity contribution in [1.82, 2.24) is 9.88 Å². The van der Waals surface area contributed by atoms with E-state index in [1.54, 1.807) is 60.4 Å². The van der Waals surface area contributed by atoms with Crippen molar-refractivity contribution in [3.63, 3.8) is 0 Å². The van der Waals surface area contributed by atoms with Crippen LogP contribution in [0.5, 0.6) is 5.75 Å². The van der Waals surface area contributed by atoms with Gasteiger partial charge < -0.3 is 19.7 Å². The van der Waals surface area contributed by atoms with Gasteiger partial charge in [0.1, 0.15) is 28.1 Å². The lowest BCUT2D eigenvalue weighted by Crippen LogP contribution is -2.53. The molecule has 0 bridgehead atoms. The molecule has 246 valence electrons. The molecule has 4 atom stereocenters. The third-order valence-electron chi connectivity index (χ3n) is 9.42. The molecule has 48 heavy (non-hydrogen) atoms. The van der Waals surface area contributed by atoms with Crippen molar-refractivity contribution in [3.05, 3.63) is 117 Å². The van der Waals surface area contributed by atoms with Crippen LogP contribution in [0.4, 0.5) is 15.9 Å². The zero-order chi connectivity index (χ0) is 33.7. The summed E-state index contributed by atoms with van der Waals surface area (Å²) < 4.78 is 27.1. The number of likely N-dealkylation sites (tertiary alicyclic amines) is 1. The number of hydrogen-bond acceptors (Lipinski definition) is 7. The van der Waals surface area contributed by atoms with Gasteiger partial charge in [-0.1, -0.05) is 47.5 Å². The molecule has 4 heterocycles. The lowest BCUT2D eigenvalue weighted by molar-refractivity contribution is -0.128. The van der Waals surface area contributed by atoms with Crippen LogP contribution in [0.1, 0.15) is 46.8 Å². The van der Waals surface area contributed by atoms with Crippen molar-refractivity contribution in [2.75, 3.05) is 30.0 Å². The highest BCUT2D eigenvalue weighted by Crippen LogP contribution is 2.62. The summed E-state index contributed by atoms with van der Waals surface area (Å²) >= 11 is 12.6. The molecular formula is C36H31Cl2FN4O5. The summed E-state index contributed by atoms with van der Waals surface area (Å²) in [5.74, 6) is -2.85. The molecule has 0 unspecified atom stereocenters. The van der Waals surface area contributed by atoms with Gasteiger partial charge in [0.2, 0.25) is 5.91 Å². The maximum atomic E-state index is 16.2. The fraction of sp³-hybridized carbons (Fsp3) is 0.278. The number of carbonyl (C=O) groups excluding carboxylic acids is 3. The number of esters is 1. The van der Waals surface area contributed by atoms with E-state index in [0.29, 0.717) is 29.2 Å². The van der Waals surface area contributed by atoms with Crippen LogP contribution in [0.2, 0.25) is 10.2 Å². The van der Waals surface area contributed by atoms with E-state index in [2.05, 4.69) is 10.3 Å². The van der Waals surface area contributed by atoms with Gasteiger partial charge in [0, 0.05) is 36.3 Å². The molecule has 2 saturated heterocycles. The van der Waals surface area contributed by atoms with Gasteiger partial charge in [-0.15, -0.1) is 0 Å². The van der Waals surface area contributed by atoms with Gasteiger partial charge >= 0.3 is 5.97 Å². The van der Waals surface area contributed by atoms with Crippen molar-refractivity contribution in [1.29, 1.82) is 0 Å². The molecule has 0 radical (unpaired) electrons. The molecule has 2 fully saturated rings. The lowest BCUT2D eigenvalue weighted by atomic mass is 9.71. The molecule has 1 N–H and O–H groups in total. The van der Waals surface area contributed by atoms with Crippen molar-refractivity contribution < 1.29 is 28.2 Å². The number of benzene rings is 3. The largest absolute Gasteiger partial charge is 0.494 e. The molecule has 0 saturated carbocycles. The summed E-state index contributed by atoms with van der Waals surface area (Å²) in [5, 5.41) is 2.96. The molecule has 4 aromatic rings. The average molecular weight is 690 g/mol. The smallest absolute Gasteiger partial charge is 0.338 e. The number of hydrogen-bond donors (Lipinski definition) is 1. The second-order valence-electron chi connectivity index (χ2n) is 11.9. The first-order valence-corrected chi connectivity index (χ1v) is 16.4.